The van der Waals surface area contributed by atoms with E-state index in [1.165, 1.54) is 0 Å². The minimum absolute atomic E-state index is 0.0168. The van der Waals surface area contributed by atoms with E-state index >= 15 is 0 Å². The molecule has 1 aromatic heterocycles. The average Bonchev–Trinajstić information content (AvgIpc) is 3.14. The molecule has 0 fully saturated rings. The summed E-state index contributed by atoms with van der Waals surface area (Å²) < 4.78 is 10.9. The van der Waals surface area contributed by atoms with Gasteiger partial charge in [-0.3, -0.25) is 4.79 Å². The molecule has 0 aliphatic heterocycles. The van der Waals surface area contributed by atoms with Crippen molar-refractivity contribution in [3.8, 4) is 11.5 Å². The molecule has 0 spiro atoms. The van der Waals surface area contributed by atoms with Crippen LogP contribution in [0.15, 0.2) is 42.7 Å². The van der Waals surface area contributed by atoms with Crippen LogP contribution in [0, 0.1) is 0 Å². The summed E-state index contributed by atoms with van der Waals surface area (Å²) in [7, 11) is 1.62. The molecular weight excluding hydrogens is 330 g/mol. The van der Waals surface area contributed by atoms with Crippen LogP contribution in [-0.4, -0.2) is 41.0 Å². The van der Waals surface area contributed by atoms with E-state index in [2.05, 4.69) is 9.97 Å². The van der Waals surface area contributed by atoms with E-state index in [0.29, 0.717) is 36.8 Å². The third kappa shape index (κ3) is 3.64. The van der Waals surface area contributed by atoms with Gasteiger partial charge in [0.15, 0.2) is 11.5 Å². The molecule has 1 N–H and O–H groups in total. The summed E-state index contributed by atoms with van der Waals surface area (Å²) in [6.45, 7) is 5.58. The second-order valence-electron chi connectivity index (χ2n) is 5.87. The van der Waals surface area contributed by atoms with Gasteiger partial charge in [-0.2, -0.15) is 0 Å². The number of benzene rings is 2. The minimum atomic E-state index is -0.0168. The van der Waals surface area contributed by atoms with E-state index in [-0.39, 0.29) is 5.91 Å². The number of ether oxygens (including phenoxy) is 2. The number of hydrogen-bond acceptors (Lipinski definition) is 4. The zero-order valence-corrected chi connectivity index (χ0v) is 15.3. The van der Waals surface area contributed by atoms with Crippen molar-refractivity contribution in [1.29, 1.82) is 0 Å². The number of H-pyrrole nitrogens is 1. The van der Waals surface area contributed by atoms with Gasteiger partial charge in [0.2, 0.25) is 0 Å². The Hall–Kier alpha value is -3.02. The van der Waals surface area contributed by atoms with Gasteiger partial charge in [-0.1, -0.05) is 6.07 Å². The molecule has 1 heterocycles. The average molecular weight is 353 g/mol. The fourth-order valence-electron chi connectivity index (χ4n) is 2.88. The molecule has 0 radical (unpaired) electrons. The highest BCUT2D eigenvalue weighted by atomic mass is 16.5. The molecule has 0 aliphatic carbocycles. The molecule has 0 saturated heterocycles. The van der Waals surface area contributed by atoms with Crippen molar-refractivity contribution in [2.45, 2.75) is 20.4 Å². The first-order valence-corrected chi connectivity index (χ1v) is 8.68. The predicted octanol–water partition coefficient (Wildman–Crippen LogP) is 3.63. The van der Waals surface area contributed by atoms with Crippen molar-refractivity contribution < 1.29 is 14.3 Å². The van der Waals surface area contributed by atoms with Crippen molar-refractivity contribution in [2.24, 2.45) is 0 Å². The van der Waals surface area contributed by atoms with Crippen molar-refractivity contribution in [3.63, 3.8) is 0 Å². The Kier molecular flexibility index (Phi) is 5.41. The number of carbonyl (C=O) groups excluding carboxylic acids is 1. The number of methoxy groups -OCH3 is 1. The normalized spacial score (nSPS) is 10.7. The quantitative estimate of drug-likeness (QED) is 0.704. The number of rotatable bonds is 7. The second-order valence-corrected chi connectivity index (χ2v) is 5.87. The highest BCUT2D eigenvalue weighted by molar-refractivity contribution is 5.97. The Labute approximate surface area is 152 Å². The Morgan fingerprint density at radius 2 is 2.00 bits per heavy atom. The monoisotopic (exact) mass is 353 g/mol. The standard InChI is InChI=1S/C20H23N3O3/c1-4-23(12-14-6-9-18(26-5-2)19(10-14)25-3)20(24)15-7-8-16-17(11-15)22-13-21-16/h6-11,13H,4-5,12H2,1-3H3,(H,21,22). The van der Waals surface area contributed by atoms with Gasteiger partial charge in [0, 0.05) is 18.7 Å². The molecule has 0 atom stereocenters. The Morgan fingerprint density at radius 1 is 1.15 bits per heavy atom. The fraction of sp³-hybridized carbons (Fsp3) is 0.300. The first-order chi connectivity index (χ1) is 12.7. The van der Waals surface area contributed by atoms with Crippen molar-refractivity contribution in [3.05, 3.63) is 53.9 Å². The van der Waals surface area contributed by atoms with Crippen LogP contribution < -0.4 is 9.47 Å². The molecule has 0 saturated carbocycles. The predicted molar refractivity (Wildman–Crippen MR) is 101 cm³/mol. The van der Waals surface area contributed by atoms with Crippen LogP contribution in [0.1, 0.15) is 29.8 Å². The molecule has 6 heteroatoms. The molecule has 3 aromatic rings. The third-order valence-electron chi connectivity index (χ3n) is 4.24. The third-order valence-corrected chi connectivity index (χ3v) is 4.24. The number of hydrogen-bond donors (Lipinski definition) is 1. The van der Waals surface area contributed by atoms with E-state index < -0.39 is 0 Å². The molecule has 6 nitrogen and oxygen atoms in total. The minimum Gasteiger partial charge on any atom is -0.493 e. The number of nitrogens with one attached hydrogen (secondary N) is 1. The summed E-state index contributed by atoms with van der Waals surface area (Å²) in [6, 6.07) is 11.3. The Balaban J connectivity index is 1.81. The molecule has 136 valence electrons. The summed E-state index contributed by atoms with van der Waals surface area (Å²) in [4.78, 5) is 21.9. The lowest BCUT2D eigenvalue weighted by atomic mass is 10.1. The van der Waals surface area contributed by atoms with E-state index in [9.17, 15) is 4.79 Å². The van der Waals surface area contributed by atoms with Gasteiger partial charge < -0.3 is 19.4 Å². The largest absolute Gasteiger partial charge is 0.493 e. The zero-order valence-electron chi connectivity index (χ0n) is 15.3. The number of aromatic amines is 1. The maximum absolute atomic E-state index is 12.9. The summed E-state index contributed by atoms with van der Waals surface area (Å²) in [5.74, 6) is 1.36. The molecule has 2 aromatic carbocycles. The van der Waals surface area contributed by atoms with E-state index in [1.54, 1.807) is 18.3 Å². The van der Waals surface area contributed by atoms with E-state index in [4.69, 9.17) is 9.47 Å². The van der Waals surface area contributed by atoms with Gasteiger partial charge in [0.25, 0.3) is 5.91 Å². The van der Waals surface area contributed by atoms with Gasteiger partial charge in [-0.25, -0.2) is 4.98 Å². The number of fused-ring (bicyclic) bond motifs is 1. The number of carbonyl (C=O) groups is 1. The smallest absolute Gasteiger partial charge is 0.254 e. The van der Waals surface area contributed by atoms with Crippen LogP contribution in [0.3, 0.4) is 0 Å². The summed E-state index contributed by atoms with van der Waals surface area (Å²) in [5.41, 5.74) is 3.33. The maximum Gasteiger partial charge on any atom is 0.254 e. The van der Waals surface area contributed by atoms with Gasteiger partial charge >= 0.3 is 0 Å². The van der Waals surface area contributed by atoms with Crippen molar-refractivity contribution in [1.82, 2.24) is 14.9 Å². The van der Waals surface area contributed by atoms with Gasteiger partial charge in [-0.05, 0) is 49.7 Å². The molecule has 1 amide bonds. The number of amides is 1. The molecule has 0 aliphatic rings. The molecule has 3 rings (SSSR count). The highest BCUT2D eigenvalue weighted by Gasteiger charge is 2.16. The summed E-state index contributed by atoms with van der Waals surface area (Å²) in [5, 5.41) is 0. The molecule has 0 bridgehead atoms. The first-order valence-electron chi connectivity index (χ1n) is 8.68. The number of aromatic nitrogens is 2. The van der Waals surface area contributed by atoms with Gasteiger partial charge in [0.05, 0.1) is 31.1 Å². The van der Waals surface area contributed by atoms with Crippen LogP contribution in [0.5, 0.6) is 11.5 Å². The topological polar surface area (TPSA) is 67.5 Å². The first kappa shape index (κ1) is 17.8. The summed E-state index contributed by atoms with van der Waals surface area (Å²) >= 11 is 0. The van der Waals surface area contributed by atoms with Crippen molar-refractivity contribution in [2.75, 3.05) is 20.3 Å². The SMILES string of the molecule is CCOc1ccc(CN(CC)C(=O)c2ccc3nc[nH]c3c2)cc1OC. The molecule has 0 unspecified atom stereocenters. The van der Waals surface area contributed by atoms with E-state index in [1.807, 2.05) is 50.2 Å². The lowest BCUT2D eigenvalue weighted by molar-refractivity contribution is 0.0752. The van der Waals surface area contributed by atoms with Gasteiger partial charge in [0.1, 0.15) is 0 Å². The lowest BCUT2D eigenvalue weighted by Crippen LogP contribution is -2.30. The Morgan fingerprint density at radius 3 is 2.73 bits per heavy atom. The van der Waals surface area contributed by atoms with Crippen LogP contribution in [-0.2, 0) is 6.54 Å². The van der Waals surface area contributed by atoms with E-state index in [0.717, 1.165) is 16.6 Å². The highest BCUT2D eigenvalue weighted by Crippen LogP contribution is 2.28. The Bertz CT molecular complexity index is 904. The van der Waals surface area contributed by atoms with Crippen molar-refractivity contribution >= 4 is 16.9 Å². The number of imidazole rings is 1. The summed E-state index contributed by atoms with van der Waals surface area (Å²) in [6.07, 6.45) is 1.63. The second kappa shape index (κ2) is 7.91. The van der Waals surface area contributed by atoms with Crippen LogP contribution in [0.4, 0.5) is 0 Å². The lowest BCUT2D eigenvalue weighted by Gasteiger charge is -2.22. The maximum atomic E-state index is 12.9. The fourth-order valence-corrected chi connectivity index (χ4v) is 2.88. The molecule has 26 heavy (non-hydrogen) atoms. The number of nitrogens with zero attached hydrogens (tertiary/aromatic N) is 2. The van der Waals surface area contributed by atoms with Crippen LogP contribution >= 0.6 is 0 Å². The van der Waals surface area contributed by atoms with Crippen LogP contribution in [0.25, 0.3) is 11.0 Å². The molecular formula is C20H23N3O3. The van der Waals surface area contributed by atoms with Gasteiger partial charge in [-0.15, -0.1) is 0 Å². The van der Waals surface area contributed by atoms with Crippen LogP contribution in [0.2, 0.25) is 0 Å². The zero-order chi connectivity index (χ0) is 18.5.